The highest BCUT2D eigenvalue weighted by molar-refractivity contribution is 6.33. The highest BCUT2D eigenvalue weighted by atomic mass is 35.5. The first-order valence-corrected chi connectivity index (χ1v) is 9.84. The Morgan fingerprint density at radius 3 is 2.56 bits per heavy atom. The van der Waals surface area contributed by atoms with Gasteiger partial charge in [0, 0.05) is 0 Å². The van der Waals surface area contributed by atoms with E-state index in [4.69, 9.17) is 16.3 Å². The highest BCUT2D eigenvalue weighted by Crippen LogP contribution is 2.27. The van der Waals surface area contributed by atoms with Crippen molar-refractivity contribution in [2.45, 2.75) is 19.9 Å². The summed E-state index contributed by atoms with van der Waals surface area (Å²) < 4.78 is 5.76. The Kier molecular flexibility index (Phi) is 6.58. The average Bonchev–Trinajstić information content (AvgIpc) is 2.70. The third-order valence-corrected chi connectivity index (χ3v) is 5.38. The zero-order valence-corrected chi connectivity index (χ0v) is 16.6. The lowest BCUT2D eigenvalue weighted by Crippen LogP contribution is -3.19. The van der Waals surface area contributed by atoms with Gasteiger partial charge in [0.05, 0.1) is 49.2 Å². The van der Waals surface area contributed by atoms with E-state index in [0.29, 0.717) is 17.3 Å². The van der Waals surface area contributed by atoms with Gasteiger partial charge in [0.1, 0.15) is 5.75 Å². The molecular formula is C21H27ClN3O2+. The van der Waals surface area contributed by atoms with E-state index in [-0.39, 0.29) is 11.9 Å². The molecule has 1 aliphatic rings. The van der Waals surface area contributed by atoms with E-state index in [2.05, 4.69) is 16.3 Å². The van der Waals surface area contributed by atoms with Crippen LogP contribution in [0.3, 0.4) is 0 Å². The van der Waals surface area contributed by atoms with Crippen molar-refractivity contribution in [1.29, 1.82) is 0 Å². The first-order chi connectivity index (χ1) is 13.1. The second kappa shape index (κ2) is 9.11. The van der Waals surface area contributed by atoms with E-state index in [1.165, 1.54) is 4.90 Å². The molecule has 1 aliphatic heterocycles. The zero-order valence-electron chi connectivity index (χ0n) is 15.9. The molecule has 1 amide bonds. The van der Waals surface area contributed by atoms with Crippen LogP contribution in [0.25, 0.3) is 0 Å². The Hall–Kier alpha value is -2.24. The fourth-order valence-electron chi connectivity index (χ4n) is 3.45. The van der Waals surface area contributed by atoms with Gasteiger partial charge in [-0.1, -0.05) is 35.9 Å². The summed E-state index contributed by atoms with van der Waals surface area (Å²) in [4.78, 5) is 16.3. The van der Waals surface area contributed by atoms with Crippen LogP contribution in [0.1, 0.15) is 13.8 Å². The van der Waals surface area contributed by atoms with E-state index in [9.17, 15) is 4.79 Å². The molecule has 0 saturated carbocycles. The number of carbonyl (C=O) groups excluding carboxylic acids is 1. The first-order valence-electron chi connectivity index (χ1n) is 9.47. The van der Waals surface area contributed by atoms with E-state index in [1.807, 2.05) is 50.2 Å². The minimum atomic E-state index is -0.134. The van der Waals surface area contributed by atoms with Crippen molar-refractivity contribution in [2.75, 3.05) is 43.0 Å². The maximum Gasteiger partial charge on any atom is 0.282 e. The third-order valence-electron chi connectivity index (χ3n) is 5.05. The summed E-state index contributed by atoms with van der Waals surface area (Å²) in [7, 11) is 0. The van der Waals surface area contributed by atoms with Crippen molar-refractivity contribution in [3.63, 3.8) is 0 Å². The number of para-hydroxylation sites is 3. The number of nitrogens with zero attached hydrogens (tertiary/aromatic N) is 1. The van der Waals surface area contributed by atoms with Crippen LogP contribution in [0.5, 0.6) is 5.75 Å². The molecule has 1 heterocycles. The van der Waals surface area contributed by atoms with Crippen molar-refractivity contribution in [2.24, 2.45) is 0 Å². The van der Waals surface area contributed by atoms with Gasteiger partial charge < -0.3 is 19.9 Å². The molecule has 3 rings (SSSR count). The number of ether oxygens (including phenoxy) is 1. The number of amides is 1. The standard InChI is InChI=1S/C21H26ClN3O2/c1-3-27-20-11-7-6-10-19(20)25-14-12-24(13-15-25)16(2)21(26)23-18-9-5-4-8-17(18)22/h4-11,16H,3,12-15H2,1-2H3,(H,23,26)/p+1/t16-/m1/s1. The average molecular weight is 389 g/mol. The number of carbonyl (C=O) groups is 1. The second-order valence-electron chi connectivity index (χ2n) is 6.74. The predicted molar refractivity (Wildman–Crippen MR) is 110 cm³/mol. The number of halogens is 1. The first kappa shape index (κ1) is 19.5. The molecule has 0 aliphatic carbocycles. The number of rotatable bonds is 6. The Bertz CT molecular complexity index is 776. The van der Waals surface area contributed by atoms with Crippen LogP contribution < -0.4 is 19.9 Å². The molecule has 5 nitrogen and oxygen atoms in total. The number of hydrogen-bond acceptors (Lipinski definition) is 3. The number of hydrogen-bond donors (Lipinski definition) is 2. The largest absolute Gasteiger partial charge is 0.492 e. The molecule has 0 aromatic heterocycles. The molecule has 0 spiro atoms. The number of quaternary nitrogens is 1. The van der Waals surface area contributed by atoms with Crippen LogP contribution in [-0.2, 0) is 4.79 Å². The van der Waals surface area contributed by atoms with Crippen molar-refractivity contribution in [1.82, 2.24) is 0 Å². The summed E-state index contributed by atoms with van der Waals surface area (Å²) in [5.41, 5.74) is 1.80. The molecule has 2 aromatic carbocycles. The molecular weight excluding hydrogens is 362 g/mol. The van der Waals surface area contributed by atoms with Gasteiger partial charge in [0.2, 0.25) is 0 Å². The quantitative estimate of drug-likeness (QED) is 0.799. The molecule has 2 aromatic rings. The van der Waals surface area contributed by atoms with Crippen LogP contribution in [0.15, 0.2) is 48.5 Å². The van der Waals surface area contributed by atoms with E-state index in [0.717, 1.165) is 37.6 Å². The summed E-state index contributed by atoms with van der Waals surface area (Å²) >= 11 is 6.15. The molecule has 0 unspecified atom stereocenters. The zero-order chi connectivity index (χ0) is 19.2. The number of benzene rings is 2. The van der Waals surface area contributed by atoms with Crippen LogP contribution in [0.2, 0.25) is 5.02 Å². The summed E-state index contributed by atoms with van der Waals surface area (Å²) in [6.45, 7) is 8.21. The fourth-order valence-corrected chi connectivity index (χ4v) is 3.64. The van der Waals surface area contributed by atoms with Gasteiger partial charge in [-0.3, -0.25) is 4.79 Å². The van der Waals surface area contributed by atoms with Crippen LogP contribution in [0.4, 0.5) is 11.4 Å². The van der Waals surface area contributed by atoms with E-state index >= 15 is 0 Å². The van der Waals surface area contributed by atoms with Gasteiger partial charge in [0.15, 0.2) is 6.04 Å². The van der Waals surface area contributed by atoms with Crippen LogP contribution >= 0.6 is 11.6 Å². The Labute approximate surface area is 165 Å². The summed E-state index contributed by atoms with van der Waals surface area (Å²) in [6, 6.07) is 15.3. The lowest BCUT2D eigenvalue weighted by atomic mass is 10.2. The van der Waals surface area contributed by atoms with E-state index < -0.39 is 0 Å². The maximum absolute atomic E-state index is 12.6. The number of nitrogens with one attached hydrogen (secondary N) is 2. The number of anilines is 2. The summed E-state index contributed by atoms with van der Waals surface area (Å²) in [5, 5.41) is 3.51. The van der Waals surface area contributed by atoms with Gasteiger partial charge in [-0.25, -0.2) is 0 Å². The van der Waals surface area contributed by atoms with Gasteiger partial charge in [0.25, 0.3) is 5.91 Å². The lowest BCUT2D eigenvalue weighted by Gasteiger charge is -2.36. The molecule has 0 bridgehead atoms. The lowest BCUT2D eigenvalue weighted by molar-refractivity contribution is -0.914. The van der Waals surface area contributed by atoms with E-state index in [1.54, 1.807) is 6.07 Å². The summed E-state index contributed by atoms with van der Waals surface area (Å²) in [5.74, 6) is 0.925. The minimum Gasteiger partial charge on any atom is -0.492 e. The monoisotopic (exact) mass is 388 g/mol. The predicted octanol–water partition coefficient (Wildman–Crippen LogP) is 2.47. The maximum atomic E-state index is 12.6. The molecule has 144 valence electrons. The molecule has 0 radical (unpaired) electrons. The van der Waals surface area contributed by atoms with Crippen LogP contribution in [0, 0.1) is 0 Å². The van der Waals surface area contributed by atoms with Crippen molar-refractivity contribution in [3.05, 3.63) is 53.6 Å². The minimum absolute atomic E-state index is 0.00117. The van der Waals surface area contributed by atoms with Gasteiger partial charge in [-0.15, -0.1) is 0 Å². The highest BCUT2D eigenvalue weighted by Gasteiger charge is 2.30. The van der Waals surface area contributed by atoms with Gasteiger partial charge in [-0.2, -0.15) is 0 Å². The molecule has 27 heavy (non-hydrogen) atoms. The molecule has 2 N–H and O–H groups in total. The van der Waals surface area contributed by atoms with Crippen LogP contribution in [-0.4, -0.2) is 44.7 Å². The summed E-state index contributed by atoms with van der Waals surface area (Å²) in [6.07, 6.45) is 0. The topological polar surface area (TPSA) is 46.0 Å². The van der Waals surface area contributed by atoms with Crippen molar-refractivity contribution in [3.8, 4) is 5.75 Å². The Balaban J connectivity index is 1.59. The Morgan fingerprint density at radius 2 is 1.85 bits per heavy atom. The molecule has 1 saturated heterocycles. The fraction of sp³-hybridized carbons (Fsp3) is 0.381. The van der Waals surface area contributed by atoms with Crippen molar-refractivity contribution < 1.29 is 14.4 Å². The van der Waals surface area contributed by atoms with Gasteiger partial charge in [-0.05, 0) is 38.1 Å². The molecule has 1 atom stereocenters. The molecule has 1 fully saturated rings. The normalized spacial score (nSPS) is 16.0. The smallest absolute Gasteiger partial charge is 0.282 e. The van der Waals surface area contributed by atoms with Crippen molar-refractivity contribution >= 4 is 28.9 Å². The SMILES string of the molecule is CCOc1ccccc1N1CC[NH+]([C@H](C)C(=O)Nc2ccccc2Cl)CC1. The Morgan fingerprint density at radius 1 is 1.19 bits per heavy atom. The number of piperazine rings is 1. The third kappa shape index (κ3) is 4.73. The molecule has 6 heteroatoms. The second-order valence-corrected chi connectivity index (χ2v) is 7.14. The van der Waals surface area contributed by atoms with Gasteiger partial charge >= 0.3 is 0 Å².